The van der Waals surface area contributed by atoms with Crippen LogP contribution >= 0.6 is 20.0 Å². The molecule has 28 heteroatoms. The Labute approximate surface area is 514 Å². The van der Waals surface area contributed by atoms with Gasteiger partial charge in [0.05, 0.1) is 6.04 Å². The molecule has 3 aliphatic heterocycles. The van der Waals surface area contributed by atoms with Crippen molar-refractivity contribution in [2.75, 3.05) is 67.0 Å². The molecule has 0 aliphatic carbocycles. The minimum Gasteiger partial charge on any atom is -0.455 e. The third-order valence-corrected chi connectivity index (χ3v) is 17.5. The molecule has 2 fully saturated rings. The Morgan fingerprint density at radius 1 is 0.828 bits per heavy atom. The van der Waals surface area contributed by atoms with E-state index in [0.29, 0.717) is 18.4 Å². The van der Waals surface area contributed by atoms with Crippen molar-refractivity contribution in [3.8, 4) is 5.75 Å². The molecule has 0 unspecified atom stereocenters. The minimum atomic E-state index is -1.35. The Balaban J connectivity index is 1.36. The highest BCUT2D eigenvalue weighted by molar-refractivity contribution is 7.17. The number of urea groups is 1. The molecule has 2 aromatic rings. The normalized spacial score (nSPS) is 17.8. The van der Waals surface area contributed by atoms with E-state index >= 15 is 0 Å². The largest absolute Gasteiger partial charge is 0.455 e. The van der Waals surface area contributed by atoms with Crippen LogP contribution in [-0.2, 0) is 58.9 Å². The number of primary amides is 1. The molecule has 4 heterocycles. The van der Waals surface area contributed by atoms with Gasteiger partial charge in [-0.05, 0) is 81.1 Å². The smallest absolute Gasteiger partial charge is 0.395 e. The zero-order valence-electron chi connectivity index (χ0n) is 51.6. The van der Waals surface area contributed by atoms with Crippen LogP contribution in [0.3, 0.4) is 0 Å². The van der Waals surface area contributed by atoms with Gasteiger partial charge in [0, 0.05) is 103 Å². The predicted molar refractivity (Wildman–Crippen MR) is 322 cm³/mol. The monoisotopic (exact) mass is 1250 g/mol. The first-order valence-corrected chi connectivity index (χ1v) is 31.4. The molecule has 87 heavy (non-hydrogen) atoms. The number of piperidine rings is 1. The number of carbonyl (C=O) groups excluding carboxylic acids is 11. The number of imide groups is 1. The fourth-order valence-corrected chi connectivity index (χ4v) is 11.9. The molecule has 5 rings (SSSR count). The number of hydrogen-bond donors (Lipinski definition) is 5. The summed E-state index contributed by atoms with van der Waals surface area (Å²) in [5.41, 5.74) is 5.75. The lowest BCUT2D eigenvalue weighted by Gasteiger charge is -2.38. The number of nitrogens with two attached hydrogens (primary N) is 1. The molecule has 6 N–H and O–H groups in total. The Bertz CT molecular complexity index is 2790. The van der Waals surface area contributed by atoms with Crippen LogP contribution in [0.15, 0.2) is 41.8 Å². The van der Waals surface area contributed by atoms with Crippen molar-refractivity contribution in [2.24, 2.45) is 23.5 Å². The number of carbonyl (C=O) groups is 11. The molecule has 478 valence electrons. The summed E-state index contributed by atoms with van der Waals surface area (Å²) < 4.78 is 22.2. The van der Waals surface area contributed by atoms with Gasteiger partial charge in [0.25, 0.3) is 17.7 Å². The number of nitrogens with zero attached hydrogens (tertiary/aromatic N) is 7. The van der Waals surface area contributed by atoms with E-state index in [4.69, 9.17) is 15.0 Å². The molecule has 26 nitrogen and oxygen atoms in total. The maximum atomic E-state index is 14.9. The lowest BCUT2D eigenvalue weighted by molar-refractivity contribution is -0.149. The van der Waals surface area contributed by atoms with Crippen molar-refractivity contribution in [2.45, 2.75) is 155 Å². The fraction of sp³-hybridized carbons (Fsp3) is 0.627. The SMILES string of the molecule is CC[C@H](C)[C@H](NC(=O)[C@H]1CCCCN1C)C(=O)N(C)[C@H](C[C@@H](OC(C)=O)c1nc(C(=O)N(C)[C@@H](Cc2ccc(OP=O)cc2)C(=O)N[C@@H](CCCNC(N)=O)C(=O)N[C@H](C(=O)N2CCN(C(=O)CCCN3C(=O)C=CC3=O)CC2)C(C)C)cs1)C(C)C. The molecule has 3 aliphatic rings. The Hall–Kier alpha value is -7.38. The van der Waals surface area contributed by atoms with E-state index < -0.39 is 98.4 Å². The van der Waals surface area contributed by atoms with Gasteiger partial charge in [-0.2, -0.15) is 0 Å². The molecular weight excluding hydrogens is 1160 g/mol. The van der Waals surface area contributed by atoms with Gasteiger partial charge in [0.1, 0.15) is 40.6 Å². The highest BCUT2D eigenvalue weighted by atomic mass is 32.1. The van der Waals surface area contributed by atoms with Crippen LogP contribution in [0.5, 0.6) is 5.75 Å². The van der Waals surface area contributed by atoms with Gasteiger partial charge >= 0.3 is 20.7 Å². The van der Waals surface area contributed by atoms with E-state index in [0.717, 1.165) is 40.5 Å². The van der Waals surface area contributed by atoms with Crippen molar-refractivity contribution >= 4 is 85.2 Å². The van der Waals surface area contributed by atoms with Crippen LogP contribution in [-0.4, -0.2) is 203 Å². The number of nitrogens with one attached hydrogen (secondary N) is 4. The second-order valence-electron chi connectivity index (χ2n) is 23.2. The number of likely N-dealkylation sites (tertiary alicyclic amines) is 1. The van der Waals surface area contributed by atoms with E-state index in [1.807, 2.05) is 39.6 Å². The molecule has 0 radical (unpaired) electrons. The molecule has 0 bridgehead atoms. The van der Waals surface area contributed by atoms with Crippen molar-refractivity contribution in [1.29, 1.82) is 0 Å². The van der Waals surface area contributed by atoms with Crippen LogP contribution < -0.4 is 31.5 Å². The number of benzene rings is 1. The molecule has 2 saturated heterocycles. The van der Waals surface area contributed by atoms with Crippen LogP contribution in [0.1, 0.15) is 133 Å². The first-order chi connectivity index (χ1) is 41.3. The van der Waals surface area contributed by atoms with Crippen LogP contribution in [0, 0.1) is 17.8 Å². The zero-order chi connectivity index (χ0) is 64.2. The van der Waals surface area contributed by atoms with Crippen LogP contribution in [0.25, 0.3) is 0 Å². The van der Waals surface area contributed by atoms with Gasteiger partial charge in [0.2, 0.25) is 35.4 Å². The molecule has 8 atom stereocenters. The Morgan fingerprint density at radius 2 is 1.48 bits per heavy atom. The number of likely N-dealkylation sites (N-methyl/N-ethyl adjacent to an activating group) is 3. The van der Waals surface area contributed by atoms with Gasteiger partial charge in [-0.25, -0.2) is 14.3 Å². The zero-order valence-corrected chi connectivity index (χ0v) is 53.3. The maximum absolute atomic E-state index is 14.9. The minimum absolute atomic E-state index is 0.0233. The van der Waals surface area contributed by atoms with E-state index in [1.54, 1.807) is 47.7 Å². The van der Waals surface area contributed by atoms with Gasteiger partial charge in [-0.1, -0.05) is 66.5 Å². The molecule has 11 amide bonds. The van der Waals surface area contributed by atoms with E-state index in [1.165, 1.54) is 43.6 Å². The van der Waals surface area contributed by atoms with Gasteiger partial charge < -0.3 is 55.9 Å². The number of esters is 1. The molecule has 0 spiro atoms. The van der Waals surface area contributed by atoms with Crippen molar-refractivity contribution < 1.29 is 66.6 Å². The summed E-state index contributed by atoms with van der Waals surface area (Å²) in [4.78, 5) is 162. The van der Waals surface area contributed by atoms with Gasteiger partial charge in [-0.15, -0.1) is 11.3 Å². The number of rotatable bonds is 31. The summed E-state index contributed by atoms with van der Waals surface area (Å²) in [5, 5.41) is 12.9. The van der Waals surface area contributed by atoms with Gasteiger partial charge in [-0.3, -0.25) is 57.7 Å². The summed E-state index contributed by atoms with van der Waals surface area (Å²) in [6.07, 6.45) is 4.90. The van der Waals surface area contributed by atoms with Crippen molar-refractivity contribution in [3.05, 3.63) is 58.1 Å². The molecule has 1 aromatic carbocycles. The second kappa shape index (κ2) is 33.7. The number of thiazole rings is 1. The average molecular weight is 1250 g/mol. The summed E-state index contributed by atoms with van der Waals surface area (Å²) in [6.45, 7) is 14.1. The van der Waals surface area contributed by atoms with E-state index in [-0.39, 0.29) is 130 Å². The van der Waals surface area contributed by atoms with E-state index in [2.05, 4.69) is 26.3 Å². The number of aromatic nitrogens is 1. The van der Waals surface area contributed by atoms with Crippen LogP contribution in [0.2, 0.25) is 0 Å². The number of piperazine rings is 1. The quantitative estimate of drug-likeness (QED) is 0.0313. The highest BCUT2D eigenvalue weighted by Gasteiger charge is 2.40. The topological polar surface area (TPSA) is 330 Å². The maximum Gasteiger partial charge on any atom is 0.395 e. The number of hydrogen-bond acceptors (Lipinski definition) is 17. The second-order valence-corrected chi connectivity index (χ2v) is 24.4. The molecular formula is C59H87N12O14PS. The Morgan fingerprint density at radius 3 is 2.07 bits per heavy atom. The number of amides is 11. The highest BCUT2D eigenvalue weighted by Crippen LogP contribution is 2.32. The molecule has 0 saturated carbocycles. The Kier molecular flexibility index (Phi) is 27.2. The third-order valence-electron chi connectivity index (χ3n) is 16.3. The molecule has 1 aromatic heterocycles. The summed E-state index contributed by atoms with van der Waals surface area (Å²) >= 11 is 1.04. The summed E-state index contributed by atoms with van der Waals surface area (Å²) in [5.74, 6) is -5.48. The first kappa shape index (κ1) is 70.4. The predicted octanol–water partition coefficient (Wildman–Crippen LogP) is 3.35. The summed E-state index contributed by atoms with van der Waals surface area (Å²) in [7, 11) is 4.36. The lowest BCUT2D eigenvalue weighted by Crippen LogP contribution is -2.60. The average Bonchev–Trinajstić information content (AvgIpc) is 4.33. The van der Waals surface area contributed by atoms with Crippen LogP contribution in [0.4, 0.5) is 4.79 Å². The fourth-order valence-electron chi connectivity index (χ4n) is 10.8. The van der Waals surface area contributed by atoms with Crippen molar-refractivity contribution in [3.63, 3.8) is 0 Å². The summed E-state index contributed by atoms with van der Waals surface area (Å²) in [6, 6.07) is -0.0472. The standard InChI is InChI=1S/C59H87N12O14PS/c1-11-37(6)51(65-53(77)43-17-12-13-26-66(43)8)57(80)67(9)44(35(2)3)33-46(84-38(7)72)55-63-42(34-87-55)56(79)68(10)45(32-39-19-21-40(22-20-39)85-86-83)54(78)62-41(16-14-25-61-59(60)82)52(76)64-50(36(4)5)58(81)70-30-28-69(29-31-70)47(73)18-15-27-71-48(74)23-24-49(71)75/h19-24,34-37,41,43-46,50-51H,11-18,25-33H2,1-10H3,(H,62,78)(H,64,76)(H,65,77)(H3,60,61,82)/t37-,41-,43+,44+,45-,46+,50-,51-/m0/s1. The van der Waals surface area contributed by atoms with Gasteiger partial charge in [0.15, 0.2) is 6.10 Å². The van der Waals surface area contributed by atoms with Crippen molar-refractivity contribution in [1.82, 2.24) is 55.7 Å². The number of ether oxygens (including phenoxy) is 1. The van der Waals surface area contributed by atoms with E-state index in [9.17, 15) is 57.3 Å². The first-order valence-electron chi connectivity index (χ1n) is 29.8. The lowest BCUT2D eigenvalue weighted by atomic mass is 9.92. The third kappa shape index (κ3) is 20.1.